The molecule has 0 radical (unpaired) electrons. The van der Waals surface area contributed by atoms with Crippen molar-refractivity contribution < 1.29 is 4.74 Å². The summed E-state index contributed by atoms with van der Waals surface area (Å²) in [5, 5.41) is 6.77. The molecular weight excluding hydrogens is 280 g/mol. The Balaban J connectivity index is 1.34. The number of nitrogens with zero attached hydrogens (tertiary/aromatic N) is 4. The van der Waals surface area contributed by atoms with Gasteiger partial charge in [0.1, 0.15) is 0 Å². The Morgan fingerprint density at radius 1 is 1.14 bits per heavy atom. The molecule has 2 aromatic rings. The molecule has 1 aromatic heterocycles. The van der Waals surface area contributed by atoms with Crippen LogP contribution in [0.2, 0.25) is 0 Å². The maximum absolute atomic E-state index is 5.74. The van der Waals surface area contributed by atoms with Gasteiger partial charge in [-0.05, 0) is 5.56 Å². The van der Waals surface area contributed by atoms with Crippen molar-refractivity contribution in [1.82, 2.24) is 20.1 Å². The van der Waals surface area contributed by atoms with Crippen molar-refractivity contribution in [3.63, 3.8) is 0 Å². The first-order chi connectivity index (χ1) is 10.8. The molecule has 0 spiro atoms. The molecule has 7 nitrogen and oxygen atoms in total. The fourth-order valence-electron chi connectivity index (χ4n) is 2.54. The van der Waals surface area contributed by atoms with E-state index in [9.17, 15) is 0 Å². The summed E-state index contributed by atoms with van der Waals surface area (Å²) < 4.78 is 5.74. The molecule has 118 valence electrons. The molecule has 0 amide bonds. The third-order valence-electron chi connectivity index (χ3n) is 3.81. The zero-order valence-corrected chi connectivity index (χ0v) is 12.6. The maximum atomic E-state index is 5.74. The van der Waals surface area contributed by atoms with E-state index in [1.165, 1.54) is 5.56 Å². The summed E-state index contributed by atoms with van der Waals surface area (Å²) in [6, 6.07) is 10.3. The van der Waals surface area contributed by atoms with Crippen LogP contribution in [0.15, 0.2) is 30.3 Å². The lowest BCUT2D eigenvalue weighted by molar-refractivity contribution is 0.0906. The summed E-state index contributed by atoms with van der Waals surface area (Å²) in [7, 11) is 0. The SMILES string of the molecule is Nc1nc(N2CCN(CCOCc3ccccc3)CC2)n[nH]1. The highest BCUT2D eigenvalue weighted by Gasteiger charge is 2.19. The standard InChI is InChI=1S/C15H22N6O/c16-14-17-15(19-18-14)21-8-6-20(7-9-21)10-11-22-12-13-4-2-1-3-5-13/h1-5H,6-12H2,(H3,16,17,18,19). The second-order valence-electron chi connectivity index (χ2n) is 5.39. The number of nitrogens with one attached hydrogen (secondary N) is 1. The first-order valence-corrected chi connectivity index (χ1v) is 7.58. The summed E-state index contributed by atoms with van der Waals surface area (Å²) in [5.74, 6) is 1.06. The molecule has 0 saturated carbocycles. The number of hydrogen-bond donors (Lipinski definition) is 2. The van der Waals surface area contributed by atoms with E-state index < -0.39 is 0 Å². The normalized spacial score (nSPS) is 16.1. The molecule has 0 atom stereocenters. The van der Waals surface area contributed by atoms with Crippen molar-refractivity contribution >= 4 is 11.9 Å². The minimum absolute atomic E-state index is 0.367. The first-order valence-electron chi connectivity index (χ1n) is 7.58. The van der Waals surface area contributed by atoms with Gasteiger partial charge in [0, 0.05) is 32.7 Å². The van der Waals surface area contributed by atoms with Gasteiger partial charge in [-0.3, -0.25) is 4.90 Å². The number of anilines is 2. The Morgan fingerprint density at radius 3 is 2.59 bits per heavy atom. The average Bonchev–Trinajstić information content (AvgIpc) is 3.00. The van der Waals surface area contributed by atoms with E-state index in [1.807, 2.05) is 18.2 Å². The van der Waals surface area contributed by atoms with Crippen molar-refractivity contribution in [2.75, 3.05) is 50.0 Å². The average molecular weight is 302 g/mol. The number of rotatable bonds is 6. The van der Waals surface area contributed by atoms with E-state index in [-0.39, 0.29) is 0 Å². The van der Waals surface area contributed by atoms with Crippen LogP contribution in [0.1, 0.15) is 5.56 Å². The molecule has 0 aliphatic carbocycles. The number of piperazine rings is 1. The van der Waals surface area contributed by atoms with E-state index in [0.717, 1.165) is 39.3 Å². The number of hydrogen-bond acceptors (Lipinski definition) is 6. The Labute approximate surface area is 130 Å². The molecule has 1 aliphatic rings. The van der Waals surface area contributed by atoms with Crippen LogP contribution in [0.4, 0.5) is 11.9 Å². The molecule has 0 bridgehead atoms. The molecule has 3 rings (SSSR count). The van der Waals surface area contributed by atoms with Gasteiger partial charge in [-0.2, -0.15) is 4.98 Å². The fraction of sp³-hybridized carbons (Fsp3) is 0.467. The minimum atomic E-state index is 0.367. The van der Waals surface area contributed by atoms with Crippen molar-refractivity contribution in [1.29, 1.82) is 0 Å². The topological polar surface area (TPSA) is 83.3 Å². The van der Waals surface area contributed by atoms with Crippen LogP contribution in [0, 0.1) is 0 Å². The number of nitrogen functional groups attached to an aromatic ring is 1. The summed E-state index contributed by atoms with van der Waals surface area (Å²) in [4.78, 5) is 8.71. The Kier molecular flexibility index (Phi) is 4.87. The van der Waals surface area contributed by atoms with E-state index in [4.69, 9.17) is 10.5 Å². The summed E-state index contributed by atoms with van der Waals surface area (Å²) >= 11 is 0. The van der Waals surface area contributed by atoms with Gasteiger partial charge in [0.2, 0.25) is 11.9 Å². The largest absolute Gasteiger partial charge is 0.375 e. The van der Waals surface area contributed by atoms with Crippen LogP contribution in [-0.2, 0) is 11.3 Å². The number of H-pyrrole nitrogens is 1. The van der Waals surface area contributed by atoms with E-state index in [0.29, 0.717) is 18.5 Å². The van der Waals surface area contributed by atoms with Crippen molar-refractivity contribution in [3.8, 4) is 0 Å². The molecule has 1 aromatic carbocycles. The summed E-state index contributed by atoms with van der Waals surface area (Å²) in [6.07, 6.45) is 0. The van der Waals surface area contributed by atoms with E-state index in [1.54, 1.807) is 0 Å². The van der Waals surface area contributed by atoms with Crippen LogP contribution in [-0.4, -0.2) is 59.4 Å². The van der Waals surface area contributed by atoms with Gasteiger partial charge < -0.3 is 15.4 Å². The van der Waals surface area contributed by atoms with Gasteiger partial charge in [-0.15, -0.1) is 5.10 Å². The number of aromatic amines is 1. The highest BCUT2D eigenvalue weighted by Crippen LogP contribution is 2.11. The van der Waals surface area contributed by atoms with Gasteiger partial charge in [-0.1, -0.05) is 30.3 Å². The molecule has 1 fully saturated rings. The summed E-state index contributed by atoms with van der Waals surface area (Å²) in [5.41, 5.74) is 6.78. The zero-order chi connectivity index (χ0) is 15.2. The van der Waals surface area contributed by atoms with Crippen LogP contribution < -0.4 is 10.6 Å². The van der Waals surface area contributed by atoms with Crippen LogP contribution >= 0.6 is 0 Å². The van der Waals surface area contributed by atoms with Crippen LogP contribution in [0.3, 0.4) is 0 Å². The number of aromatic nitrogens is 3. The Hall–Kier alpha value is -2.12. The second-order valence-corrected chi connectivity index (χ2v) is 5.39. The fourth-order valence-corrected chi connectivity index (χ4v) is 2.54. The number of nitrogens with two attached hydrogens (primary N) is 1. The van der Waals surface area contributed by atoms with Crippen molar-refractivity contribution in [3.05, 3.63) is 35.9 Å². The molecular formula is C15H22N6O. The predicted octanol–water partition coefficient (Wildman–Crippen LogP) is 0.726. The van der Waals surface area contributed by atoms with E-state index in [2.05, 4.69) is 37.1 Å². The van der Waals surface area contributed by atoms with Crippen molar-refractivity contribution in [2.45, 2.75) is 6.61 Å². The zero-order valence-electron chi connectivity index (χ0n) is 12.6. The Bertz CT molecular complexity index is 564. The molecule has 1 saturated heterocycles. The van der Waals surface area contributed by atoms with Crippen LogP contribution in [0.25, 0.3) is 0 Å². The predicted molar refractivity (Wildman–Crippen MR) is 85.5 cm³/mol. The smallest absolute Gasteiger partial charge is 0.246 e. The lowest BCUT2D eigenvalue weighted by Gasteiger charge is -2.33. The number of ether oxygens (including phenoxy) is 1. The second kappa shape index (κ2) is 7.24. The quantitative estimate of drug-likeness (QED) is 0.765. The van der Waals surface area contributed by atoms with Gasteiger partial charge in [0.05, 0.1) is 13.2 Å². The van der Waals surface area contributed by atoms with Crippen LogP contribution in [0.5, 0.6) is 0 Å². The molecule has 3 N–H and O–H groups in total. The Morgan fingerprint density at radius 2 is 1.91 bits per heavy atom. The monoisotopic (exact) mass is 302 g/mol. The number of benzene rings is 1. The van der Waals surface area contributed by atoms with Gasteiger partial charge >= 0.3 is 0 Å². The lowest BCUT2D eigenvalue weighted by atomic mass is 10.2. The maximum Gasteiger partial charge on any atom is 0.246 e. The summed E-state index contributed by atoms with van der Waals surface area (Å²) in [6.45, 7) is 6.19. The highest BCUT2D eigenvalue weighted by molar-refractivity contribution is 5.34. The highest BCUT2D eigenvalue weighted by atomic mass is 16.5. The third-order valence-corrected chi connectivity index (χ3v) is 3.81. The minimum Gasteiger partial charge on any atom is -0.375 e. The van der Waals surface area contributed by atoms with Crippen molar-refractivity contribution in [2.24, 2.45) is 0 Å². The molecule has 7 heteroatoms. The van der Waals surface area contributed by atoms with Gasteiger partial charge in [0.25, 0.3) is 0 Å². The van der Waals surface area contributed by atoms with Gasteiger partial charge in [0.15, 0.2) is 0 Å². The molecule has 22 heavy (non-hydrogen) atoms. The van der Waals surface area contributed by atoms with E-state index >= 15 is 0 Å². The molecule has 2 heterocycles. The molecule has 1 aliphatic heterocycles. The lowest BCUT2D eigenvalue weighted by Crippen LogP contribution is -2.47. The first kappa shape index (κ1) is 14.8. The van der Waals surface area contributed by atoms with Gasteiger partial charge in [-0.25, -0.2) is 5.10 Å². The third kappa shape index (κ3) is 3.96. The molecule has 0 unspecified atom stereocenters.